The summed E-state index contributed by atoms with van der Waals surface area (Å²) in [6, 6.07) is 15.0. The molecule has 0 spiro atoms. The van der Waals surface area contributed by atoms with Gasteiger partial charge in [-0.05, 0) is 42.9 Å². The lowest BCUT2D eigenvalue weighted by atomic mass is 9.90. The first kappa shape index (κ1) is 16.4. The molecule has 1 fully saturated rings. The molecule has 1 aliphatic heterocycles. The predicted octanol–water partition coefficient (Wildman–Crippen LogP) is 3.11. The number of benzene rings is 1. The van der Waals surface area contributed by atoms with Crippen LogP contribution in [-0.4, -0.2) is 35.4 Å². The number of likely N-dealkylation sites (tertiary alicyclic amines) is 1. The number of amides is 1. The van der Waals surface area contributed by atoms with Gasteiger partial charge < -0.3 is 10.2 Å². The Morgan fingerprint density at radius 2 is 1.88 bits per heavy atom. The first-order valence-corrected chi connectivity index (χ1v) is 8.39. The van der Waals surface area contributed by atoms with Crippen molar-refractivity contribution in [2.45, 2.75) is 19.3 Å². The van der Waals surface area contributed by atoms with Gasteiger partial charge in [0.15, 0.2) is 0 Å². The first-order valence-electron chi connectivity index (χ1n) is 8.39. The van der Waals surface area contributed by atoms with Gasteiger partial charge in [0.1, 0.15) is 5.82 Å². The molecule has 2 aromatic rings. The molecule has 0 radical (unpaired) electrons. The number of nitrogens with zero attached hydrogens (tertiary/aromatic N) is 2. The minimum atomic E-state index is -0.547. The van der Waals surface area contributed by atoms with Crippen molar-refractivity contribution in [1.29, 1.82) is 0 Å². The van der Waals surface area contributed by atoms with Crippen LogP contribution in [0.3, 0.4) is 0 Å². The summed E-state index contributed by atoms with van der Waals surface area (Å²) in [5.74, 6) is 0.519. The van der Waals surface area contributed by atoms with Crippen LogP contribution in [0.25, 0.3) is 0 Å². The molecule has 0 unspecified atom stereocenters. The van der Waals surface area contributed by atoms with Crippen molar-refractivity contribution in [2.75, 3.05) is 25.0 Å². The second-order valence-corrected chi connectivity index (χ2v) is 6.21. The number of carbonyl (C=O) groups excluding carboxylic acids is 1. The molecule has 0 bridgehead atoms. The zero-order chi connectivity index (χ0) is 16.8. The minimum absolute atomic E-state index is 0.0409. The molecular weight excluding hydrogens is 305 g/mol. The number of rotatable bonds is 5. The van der Waals surface area contributed by atoms with E-state index in [9.17, 15) is 9.18 Å². The van der Waals surface area contributed by atoms with E-state index >= 15 is 0 Å². The summed E-state index contributed by atoms with van der Waals surface area (Å²) >= 11 is 0. The molecule has 1 aromatic carbocycles. The Morgan fingerprint density at radius 3 is 2.58 bits per heavy atom. The highest BCUT2D eigenvalue weighted by Crippen LogP contribution is 2.21. The number of aromatic nitrogens is 1. The molecule has 0 aliphatic carbocycles. The van der Waals surface area contributed by atoms with Gasteiger partial charge in [-0.2, -0.15) is 4.39 Å². The highest BCUT2D eigenvalue weighted by atomic mass is 19.1. The van der Waals surface area contributed by atoms with Crippen molar-refractivity contribution < 1.29 is 9.18 Å². The molecule has 0 saturated carbocycles. The Kier molecular flexibility index (Phi) is 5.41. The van der Waals surface area contributed by atoms with Crippen molar-refractivity contribution in [2.24, 2.45) is 5.92 Å². The minimum Gasteiger partial charge on any atom is -0.361 e. The Morgan fingerprint density at radius 1 is 1.12 bits per heavy atom. The van der Waals surface area contributed by atoms with Gasteiger partial charge in [0, 0.05) is 13.1 Å². The van der Waals surface area contributed by atoms with Crippen LogP contribution in [-0.2, 0) is 11.2 Å². The zero-order valence-electron chi connectivity index (χ0n) is 13.6. The third-order valence-corrected chi connectivity index (χ3v) is 4.47. The predicted molar refractivity (Wildman–Crippen MR) is 92.1 cm³/mol. The lowest BCUT2D eigenvalue weighted by molar-refractivity contribution is -0.130. The third-order valence-electron chi connectivity index (χ3n) is 4.47. The van der Waals surface area contributed by atoms with E-state index in [1.807, 2.05) is 11.0 Å². The van der Waals surface area contributed by atoms with Gasteiger partial charge in [-0.15, -0.1) is 0 Å². The van der Waals surface area contributed by atoms with E-state index in [0.717, 1.165) is 32.4 Å². The maximum absolute atomic E-state index is 13.0. The number of anilines is 1. The first-order chi connectivity index (χ1) is 11.7. The van der Waals surface area contributed by atoms with Crippen molar-refractivity contribution in [3.05, 3.63) is 60.0 Å². The van der Waals surface area contributed by atoms with Gasteiger partial charge in [0.2, 0.25) is 11.9 Å². The van der Waals surface area contributed by atoms with Gasteiger partial charge in [-0.3, -0.25) is 4.79 Å². The Bertz CT molecular complexity index is 669. The van der Waals surface area contributed by atoms with E-state index in [1.54, 1.807) is 12.1 Å². The summed E-state index contributed by atoms with van der Waals surface area (Å²) in [6.07, 6.45) is 3.13. The average molecular weight is 327 g/mol. The molecule has 126 valence electrons. The summed E-state index contributed by atoms with van der Waals surface area (Å²) in [4.78, 5) is 17.8. The number of halogens is 1. The van der Waals surface area contributed by atoms with E-state index in [-0.39, 0.29) is 12.5 Å². The number of carbonyl (C=O) groups is 1. The summed E-state index contributed by atoms with van der Waals surface area (Å²) in [6.45, 7) is 1.73. The van der Waals surface area contributed by atoms with Gasteiger partial charge in [0.05, 0.1) is 6.54 Å². The van der Waals surface area contributed by atoms with Crippen LogP contribution in [0, 0.1) is 11.9 Å². The SMILES string of the molecule is O=C(CNc1cccc(F)n1)N1CCC(Cc2ccccc2)CC1. The maximum Gasteiger partial charge on any atom is 0.241 e. The molecule has 1 aromatic heterocycles. The highest BCUT2D eigenvalue weighted by Gasteiger charge is 2.22. The van der Waals surface area contributed by atoms with Crippen LogP contribution in [0.2, 0.25) is 0 Å². The summed E-state index contributed by atoms with van der Waals surface area (Å²) in [7, 11) is 0. The maximum atomic E-state index is 13.0. The van der Waals surface area contributed by atoms with Crippen LogP contribution >= 0.6 is 0 Å². The summed E-state index contributed by atoms with van der Waals surface area (Å²) in [5.41, 5.74) is 1.36. The van der Waals surface area contributed by atoms with Crippen LogP contribution in [0.5, 0.6) is 0 Å². The number of pyridine rings is 1. The molecule has 1 saturated heterocycles. The van der Waals surface area contributed by atoms with Gasteiger partial charge in [-0.1, -0.05) is 36.4 Å². The molecule has 5 heteroatoms. The van der Waals surface area contributed by atoms with Crippen LogP contribution in [0.4, 0.5) is 10.2 Å². The average Bonchev–Trinajstić information content (AvgIpc) is 2.61. The monoisotopic (exact) mass is 327 g/mol. The highest BCUT2D eigenvalue weighted by molar-refractivity contribution is 5.80. The molecule has 24 heavy (non-hydrogen) atoms. The fourth-order valence-corrected chi connectivity index (χ4v) is 3.12. The van der Waals surface area contributed by atoms with E-state index in [0.29, 0.717) is 11.7 Å². The zero-order valence-corrected chi connectivity index (χ0v) is 13.6. The van der Waals surface area contributed by atoms with Crippen molar-refractivity contribution in [1.82, 2.24) is 9.88 Å². The smallest absolute Gasteiger partial charge is 0.241 e. The van der Waals surface area contributed by atoms with E-state index in [2.05, 4.69) is 34.6 Å². The van der Waals surface area contributed by atoms with Crippen molar-refractivity contribution in [3.8, 4) is 0 Å². The van der Waals surface area contributed by atoms with E-state index < -0.39 is 5.95 Å². The summed E-state index contributed by atoms with van der Waals surface area (Å²) in [5, 5.41) is 2.89. The van der Waals surface area contributed by atoms with Crippen molar-refractivity contribution >= 4 is 11.7 Å². The number of hydrogen-bond acceptors (Lipinski definition) is 3. The quantitative estimate of drug-likeness (QED) is 0.858. The third kappa shape index (κ3) is 4.54. The molecule has 2 heterocycles. The molecule has 1 amide bonds. The lowest BCUT2D eigenvalue weighted by Gasteiger charge is -2.32. The fraction of sp³-hybridized carbons (Fsp3) is 0.368. The fourth-order valence-electron chi connectivity index (χ4n) is 3.12. The van der Waals surface area contributed by atoms with Gasteiger partial charge >= 0.3 is 0 Å². The Balaban J connectivity index is 1.43. The number of nitrogens with one attached hydrogen (secondary N) is 1. The second-order valence-electron chi connectivity index (χ2n) is 6.21. The number of piperidine rings is 1. The molecule has 3 rings (SSSR count). The summed E-state index contributed by atoms with van der Waals surface area (Å²) < 4.78 is 13.0. The molecule has 0 atom stereocenters. The van der Waals surface area contributed by atoms with E-state index in [4.69, 9.17) is 0 Å². The van der Waals surface area contributed by atoms with E-state index in [1.165, 1.54) is 11.6 Å². The van der Waals surface area contributed by atoms with Gasteiger partial charge in [0.25, 0.3) is 0 Å². The topological polar surface area (TPSA) is 45.2 Å². The van der Waals surface area contributed by atoms with Gasteiger partial charge in [-0.25, -0.2) is 4.98 Å². The van der Waals surface area contributed by atoms with Crippen molar-refractivity contribution in [3.63, 3.8) is 0 Å². The van der Waals surface area contributed by atoms with Crippen LogP contribution in [0.15, 0.2) is 48.5 Å². The Hall–Kier alpha value is -2.43. The molecule has 1 aliphatic rings. The standard InChI is InChI=1S/C19H22FN3O/c20-17-7-4-8-18(22-17)21-14-19(24)23-11-9-16(10-12-23)13-15-5-2-1-3-6-15/h1-8,16H,9-14H2,(H,21,22). The van der Waals surface area contributed by atoms with Crippen LogP contribution in [0.1, 0.15) is 18.4 Å². The molecular formula is C19H22FN3O. The second kappa shape index (κ2) is 7.90. The lowest BCUT2D eigenvalue weighted by Crippen LogP contribution is -2.41. The Labute approximate surface area is 141 Å². The largest absolute Gasteiger partial charge is 0.361 e. The molecule has 4 nitrogen and oxygen atoms in total. The molecule has 1 N–H and O–H groups in total. The number of hydrogen-bond donors (Lipinski definition) is 1. The normalized spacial score (nSPS) is 15.3. The van der Waals surface area contributed by atoms with Crippen LogP contribution < -0.4 is 5.32 Å².